The minimum atomic E-state index is -1.46. The third-order valence-corrected chi connectivity index (χ3v) is 2.64. The highest BCUT2D eigenvalue weighted by atomic mass is 19.1. The monoisotopic (exact) mass is 270 g/mol. The Bertz CT molecular complexity index is 505. The molecule has 1 unspecified atom stereocenters. The maximum atomic E-state index is 13.4. The summed E-state index contributed by atoms with van der Waals surface area (Å²) in [5, 5.41) is 22.5. The highest BCUT2D eigenvalue weighted by Crippen LogP contribution is 2.28. The third-order valence-electron chi connectivity index (χ3n) is 2.64. The van der Waals surface area contributed by atoms with E-state index in [9.17, 15) is 19.3 Å². The van der Waals surface area contributed by atoms with Gasteiger partial charge in [0.05, 0.1) is 16.6 Å². The molecule has 0 aliphatic heterocycles. The van der Waals surface area contributed by atoms with Crippen LogP contribution in [0.15, 0.2) is 12.1 Å². The van der Waals surface area contributed by atoms with Crippen molar-refractivity contribution in [2.45, 2.75) is 32.7 Å². The molecule has 0 amide bonds. The maximum absolute atomic E-state index is 13.4. The lowest BCUT2D eigenvalue weighted by atomic mass is 10.1. The molecule has 0 aromatic heterocycles. The first-order chi connectivity index (χ1) is 8.86. The number of halogens is 1. The van der Waals surface area contributed by atoms with Gasteiger partial charge in [-0.25, -0.2) is 9.18 Å². The first kappa shape index (κ1) is 14.9. The number of benzene rings is 1. The van der Waals surface area contributed by atoms with E-state index in [1.54, 1.807) is 0 Å². The van der Waals surface area contributed by atoms with Crippen LogP contribution in [0, 0.1) is 15.9 Å². The summed E-state index contributed by atoms with van der Waals surface area (Å²) in [5.74, 6) is -2.58. The number of nitro groups is 1. The molecule has 0 bridgehead atoms. The first-order valence-corrected chi connectivity index (χ1v) is 5.84. The van der Waals surface area contributed by atoms with Crippen molar-refractivity contribution in [2.24, 2.45) is 0 Å². The van der Waals surface area contributed by atoms with E-state index in [1.807, 2.05) is 13.8 Å². The van der Waals surface area contributed by atoms with Gasteiger partial charge in [0.15, 0.2) is 0 Å². The lowest BCUT2D eigenvalue weighted by Crippen LogP contribution is -2.16. The van der Waals surface area contributed by atoms with Crippen LogP contribution < -0.4 is 5.32 Å². The summed E-state index contributed by atoms with van der Waals surface area (Å²) in [6, 6.07) is 1.52. The van der Waals surface area contributed by atoms with E-state index in [0.29, 0.717) is 6.07 Å². The quantitative estimate of drug-likeness (QED) is 0.612. The second-order valence-corrected chi connectivity index (χ2v) is 4.25. The predicted octanol–water partition coefficient (Wildman–Crippen LogP) is 3.03. The van der Waals surface area contributed by atoms with E-state index in [4.69, 9.17) is 5.11 Å². The van der Waals surface area contributed by atoms with E-state index >= 15 is 0 Å². The van der Waals surface area contributed by atoms with Gasteiger partial charge < -0.3 is 10.4 Å². The van der Waals surface area contributed by atoms with Gasteiger partial charge in [-0.15, -0.1) is 0 Å². The number of carboxylic acid groups (broad SMARTS) is 1. The lowest BCUT2D eigenvalue weighted by molar-refractivity contribution is -0.384. The standard InChI is InChI=1S/C12H15FN2O4/c1-3-4-7(2)14-10-5-8(12(16)17)9(13)6-11(10)15(18)19/h5-7,14H,3-4H2,1-2H3,(H,16,17). The molecule has 6 nitrogen and oxygen atoms in total. The van der Waals surface area contributed by atoms with E-state index < -0.39 is 28.0 Å². The average molecular weight is 270 g/mol. The molecule has 7 heteroatoms. The van der Waals surface area contributed by atoms with Crippen molar-refractivity contribution in [3.05, 3.63) is 33.6 Å². The Hall–Kier alpha value is -2.18. The molecule has 1 rings (SSSR count). The molecule has 1 aromatic carbocycles. The fourth-order valence-electron chi connectivity index (χ4n) is 1.76. The zero-order valence-corrected chi connectivity index (χ0v) is 10.6. The fraction of sp³-hybridized carbons (Fsp3) is 0.417. The number of nitro benzene ring substituents is 1. The van der Waals surface area contributed by atoms with Crippen LogP contribution in [-0.2, 0) is 0 Å². The molecule has 0 aliphatic rings. The number of nitrogens with one attached hydrogen (secondary N) is 1. The molecule has 19 heavy (non-hydrogen) atoms. The van der Waals surface area contributed by atoms with Gasteiger partial charge in [0.2, 0.25) is 0 Å². The summed E-state index contributed by atoms with van der Waals surface area (Å²) in [5.41, 5.74) is -1.04. The van der Waals surface area contributed by atoms with Crippen LogP contribution in [0.2, 0.25) is 0 Å². The molecule has 1 atom stereocenters. The topological polar surface area (TPSA) is 92.5 Å². The molecule has 0 saturated heterocycles. The number of anilines is 1. The average Bonchev–Trinajstić information content (AvgIpc) is 2.30. The molecule has 0 saturated carbocycles. The van der Waals surface area contributed by atoms with Crippen LogP contribution in [0.25, 0.3) is 0 Å². The van der Waals surface area contributed by atoms with Gasteiger partial charge in [-0.1, -0.05) is 13.3 Å². The van der Waals surface area contributed by atoms with Gasteiger partial charge in [-0.05, 0) is 19.4 Å². The number of rotatable bonds is 6. The minimum Gasteiger partial charge on any atom is -0.478 e. The Labute approximate surface area is 109 Å². The fourth-order valence-corrected chi connectivity index (χ4v) is 1.76. The summed E-state index contributed by atoms with van der Waals surface area (Å²) in [4.78, 5) is 20.9. The molecule has 0 aliphatic carbocycles. The molecule has 2 N–H and O–H groups in total. The Balaban J connectivity index is 3.21. The van der Waals surface area contributed by atoms with Crippen LogP contribution in [0.3, 0.4) is 0 Å². The van der Waals surface area contributed by atoms with Crippen molar-refractivity contribution in [1.29, 1.82) is 0 Å². The molecule has 0 radical (unpaired) electrons. The summed E-state index contributed by atoms with van der Waals surface area (Å²) in [6.45, 7) is 3.77. The van der Waals surface area contributed by atoms with Crippen molar-refractivity contribution in [1.82, 2.24) is 0 Å². The van der Waals surface area contributed by atoms with Gasteiger partial charge >= 0.3 is 5.97 Å². The SMILES string of the molecule is CCCC(C)Nc1cc(C(=O)O)c(F)cc1[N+](=O)[O-]. The molecular formula is C12H15FN2O4. The van der Waals surface area contributed by atoms with E-state index in [-0.39, 0.29) is 11.7 Å². The summed E-state index contributed by atoms with van der Waals surface area (Å²) in [6.07, 6.45) is 1.63. The summed E-state index contributed by atoms with van der Waals surface area (Å²) in [7, 11) is 0. The molecule has 1 aromatic rings. The number of hydrogen-bond acceptors (Lipinski definition) is 4. The molecule has 104 valence electrons. The number of carboxylic acids is 1. The smallest absolute Gasteiger partial charge is 0.338 e. The zero-order valence-electron chi connectivity index (χ0n) is 10.6. The number of aromatic carboxylic acids is 1. The van der Waals surface area contributed by atoms with Crippen molar-refractivity contribution < 1.29 is 19.2 Å². The van der Waals surface area contributed by atoms with Gasteiger partial charge in [0.25, 0.3) is 5.69 Å². The van der Waals surface area contributed by atoms with Gasteiger partial charge in [0, 0.05) is 6.04 Å². The number of carbonyl (C=O) groups is 1. The highest BCUT2D eigenvalue weighted by Gasteiger charge is 2.22. The molecule has 0 heterocycles. The lowest BCUT2D eigenvalue weighted by Gasteiger charge is -2.15. The van der Waals surface area contributed by atoms with Crippen LogP contribution >= 0.6 is 0 Å². The van der Waals surface area contributed by atoms with E-state index in [1.165, 1.54) is 0 Å². The normalized spacial score (nSPS) is 11.9. The highest BCUT2D eigenvalue weighted by molar-refractivity contribution is 5.90. The Kier molecular flexibility index (Phi) is 4.80. The molecular weight excluding hydrogens is 255 g/mol. The van der Waals surface area contributed by atoms with Crippen LogP contribution in [-0.4, -0.2) is 22.0 Å². The molecule has 0 spiro atoms. The third kappa shape index (κ3) is 3.64. The minimum absolute atomic E-state index is 0.0183. The largest absolute Gasteiger partial charge is 0.478 e. The number of nitrogens with zero attached hydrogens (tertiary/aromatic N) is 1. The molecule has 0 fully saturated rings. The summed E-state index contributed by atoms with van der Waals surface area (Å²) >= 11 is 0. The Morgan fingerprint density at radius 1 is 1.58 bits per heavy atom. The van der Waals surface area contributed by atoms with E-state index in [2.05, 4.69) is 5.32 Å². The Morgan fingerprint density at radius 2 is 2.21 bits per heavy atom. The second kappa shape index (κ2) is 6.12. The van der Waals surface area contributed by atoms with Crippen molar-refractivity contribution in [2.75, 3.05) is 5.32 Å². The maximum Gasteiger partial charge on any atom is 0.338 e. The second-order valence-electron chi connectivity index (χ2n) is 4.25. The first-order valence-electron chi connectivity index (χ1n) is 5.84. The zero-order chi connectivity index (χ0) is 14.6. The predicted molar refractivity (Wildman–Crippen MR) is 68.0 cm³/mol. The van der Waals surface area contributed by atoms with Crippen LogP contribution in [0.1, 0.15) is 37.0 Å². The van der Waals surface area contributed by atoms with Gasteiger partial charge in [-0.2, -0.15) is 0 Å². The van der Waals surface area contributed by atoms with Crippen molar-refractivity contribution in [3.63, 3.8) is 0 Å². The van der Waals surface area contributed by atoms with Crippen LogP contribution in [0.5, 0.6) is 0 Å². The van der Waals surface area contributed by atoms with Gasteiger partial charge in [-0.3, -0.25) is 10.1 Å². The van der Waals surface area contributed by atoms with E-state index in [0.717, 1.165) is 18.9 Å². The van der Waals surface area contributed by atoms with Crippen molar-refractivity contribution >= 4 is 17.3 Å². The van der Waals surface area contributed by atoms with Gasteiger partial charge in [0.1, 0.15) is 11.5 Å². The van der Waals surface area contributed by atoms with Crippen LogP contribution in [0.4, 0.5) is 15.8 Å². The Morgan fingerprint density at radius 3 is 2.68 bits per heavy atom. The van der Waals surface area contributed by atoms with Crippen molar-refractivity contribution in [3.8, 4) is 0 Å². The summed E-state index contributed by atoms with van der Waals surface area (Å²) < 4.78 is 13.4. The number of hydrogen-bond donors (Lipinski definition) is 2.